The second-order valence-electron chi connectivity index (χ2n) is 6.36. The highest BCUT2D eigenvalue weighted by molar-refractivity contribution is 9.08. The molecule has 0 aliphatic heterocycles. The van der Waals surface area contributed by atoms with E-state index in [1.54, 1.807) is 13.8 Å². The van der Waals surface area contributed by atoms with Crippen LogP contribution in [-0.2, 0) is 11.9 Å². The largest absolute Gasteiger partial charge is 0.381 e. The Morgan fingerprint density at radius 1 is 0.714 bits per heavy atom. The second-order valence-corrected chi connectivity index (χ2v) is 6.92. The van der Waals surface area contributed by atoms with Crippen LogP contribution >= 0.6 is 15.9 Å². The lowest BCUT2D eigenvalue weighted by atomic mass is 10.1. The highest BCUT2D eigenvalue weighted by Gasteiger charge is 1.99. The Labute approximate surface area is 174 Å². The van der Waals surface area contributed by atoms with Crippen molar-refractivity contribution < 1.29 is 9.59 Å². The van der Waals surface area contributed by atoms with E-state index in [1.165, 1.54) is 11.1 Å². The van der Waals surface area contributed by atoms with E-state index in [-0.39, 0.29) is 11.6 Å². The summed E-state index contributed by atoms with van der Waals surface area (Å²) >= 11 is 3.33. The van der Waals surface area contributed by atoms with Crippen LogP contribution in [-0.4, -0.2) is 11.6 Å². The third-order valence-corrected chi connectivity index (χ3v) is 4.79. The molecule has 3 aromatic carbocycles. The minimum atomic E-state index is 0.104. The molecule has 0 amide bonds. The summed E-state index contributed by atoms with van der Waals surface area (Å²) in [5.74, 6) is 0.221. The fourth-order valence-electron chi connectivity index (χ4n) is 2.45. The number of hydrogen-bond acceptors (Lipinski definition) is 3. The zero-order valence-corrected chi connectivity index (χ0v) is 17.7. The number of alkyl halides is 1. The molecule has 0 aliphatic rings. The van der Waals surface area contributed by atoms with E-state index in [9.17, 15) is 9.59 Å². The summed E-state index contributed by atoms with van der Waals surface area (Å²) in [7, 11) is 0. The lowest BCUT2D eigenvalue weighted by Crippen LogP contribution is -1.99. The minimum absolute atomic E-state index is 0.104. The van der Waals surface area contributed by atoms with Crippen LogP contribution in [0.4, 0.5) is 5.69 Å². The Morgan fingerprint density at radius 3 is 1.61 bits per heavy atom. The summed E-state index contributed by atoms with van der Waals surface area (Å²) < 4.78 is 0. The molecule has 0 unspecified atom stereocenters. The number of halogens is 1. The van der Waals surface area contributed by atoms with Gasteiger partial charge in [0.2, 0.25) is 0 Å². The fraction of sp³-hybridized carbons (Fsp3) is 0.167. The summed E-state index contributed by atoms with van der Waals surface area (Å²) in [6, 6.07) is 25.3. The van der Waals surface area contributed by atoms with Crippen molar-refractivity contribution in [3.05, 3.63) is 101 Å². The molecule has 0 aliphatic carbocycles. The molecule has 1 N–H and O–H groups in total. The highest BCUT2D eigenvalue weighted by atomic mass is 79.9. The van der Waals surface area contributed by atoms with Gasteiger partial charge in [0.15, 0.2) is 11.6 Å². The number of para-hydroxylation sites is 1. The number of rotatable bonds is 6. The van der Waals surface area contributed by atoms with Crippen LogP contribution in [0.5, 0.6) is 0 Å². The molecule has 0 spiro atoms. The van der Waals surface area contributed by atoms with Gasteiger partial charge in [-0.2, -0.15) is 0 Å². The number of benzene rings is 3. The first-order valence-electron chi connectivity index (χ1n) is 9.04. The van der Waals surface area contributed by atoms with Crippen molar-refractivity contribution in [3.8, 4) is 0 Å². The molecular weight excluding hydrogens is 414 g/mol. The predicted molar refractivity (Wildman–Crippen MR) is 119 cm³/mol. The fourth-order valence-corrected chi connectivity index (χ4v) is 2.82. The molecule has 4 heteroatoms. The maximum absolute atomic E-state index is 11.1. The Morgan fingerprint density at radius 2 is 1.18 bits per heavy atom. The Balaban J connectivity index is 0.000000221. The number of carbonyl (C=O) groups excluding carboxylic acids is 2. The van der Waals surface area contributed by atoms with Crippen molar-refractivity contribution in [3.63, 3.8) is 0 Å². The van der Waals surface area contributed by atoms with Gasteiger partial charge in [-0.15, -0.1) is 0 Å². The van der Waals surface area contributed by atoms with Crippen LogP contribution in [0.3, 0.4) is 0 Å². The first-order chi connectivity index (χ1) is 13.5. The SMILES string of the molecule is CC(=O)c1ccc(CBr)cc1.CC(=O)c1ccc(CNc2ccccc2)cc1. The standard InChI is InChI=1S/C15H15NO.C9H9BrO/c1-12(17)14-9-7-13(8-10-14)11-16-15-5-3-2-4-6-15;1-7(11)9-4-2-8(6-10)3-5-9/h2-10,16H,11H2,1H3;2-5H,6H2,1H3. The third-order valence-electron chi connectivity index (χ3n) is 4.15. The molecule has 0 heterocycles. The summed E-state index contributed by atoms with van der Waals surface area (Å²) in [5, 5.41) is 4.16. The number of carbonyl (C=O) groups is 2. The van der Waals surface area contributed by atoms with Gasteiger partial charge in [-0.25, -0.2) is 0 Å². The number of anilines is 1. The molecule has 144 valence electrons. The maximum atomic E-state index is 11.1. The van der Waals surface area contributed by atoms with E-state index in [2.05, 4.69) is 21.2 Å². The van der Waals surface area contributed by atoms with Gasteiger partial charge >= 0.3 is 0 Å². The van der Waals surface area contributed by atoms with E-state index in [0.717, 1.165) is 28.7 Å². The van der Waals surface area contributed by atoms with Gasteiger partial charge in [0.05, 0.1) is 0 Å². The summed E-state index contributed by atoms with van der Waals surface area (Å²) in [4.78, 5) is 22.0. The molecule has 3 rings (SSSR count). The van der Waals surface area contributed by atoms with Crippen molar-refractivity contribution in [2.24, 2.45) is 0 Å². The number of hydrogen-bond donors (Lipinski definition) is 1. The molecule has 0 bridgehead atoms. The van der Waals surface area contributed by atoms with Gasteiger partial charge < -0.3 is 5.32 Å². The molecule has 0 saturated carbocycles. The monoisotopic (exact) mass is 437 g/mol. The van der Waals surface area contributed by atoms with Gasteiger partial charge in [-0.3, -0.25) is 9.59 Å². The first kappa shape index (κ1) is 21.6. The molecule has 0 aromatic heterocycles. The molecule has 3 aromatic rings. The molecule has 28 heavy (non-hydrogen) atoms. The van der Waals surface area contributed by atoms with Crippen molar-refractivity contribution >= 4 is 33.2 Å². The van der Waals surface area contributed by atoms with Crippen molar-refractivity contribution in [1.82, 2.24) is 0 Å². The Kier molecular flexibility index (Phi) is 8.63. The smallest absolute Gasteiger partial charge is 0.159 e. The lowest BCUT2D eigenvalue weighted by molar-refractivity contribution is 0.100. The molecular formula is C24H24BrNO2. The van der Waals surface area contributed by atoms with Gasteiger partial charge in [0, 0.05) is 28.7 Å². The second kappa shape index (κ2) is 11.2. The van der Waals surface area contributed by atoms with Gasteiger partial charge in [-0.05, 0) is 37.1 Å². The van der Waals surface area contributed by atoms with Gasteiger partial charge in [-0.1, -0.05) is 82.7 Å². The quantitative estimate of drug-likeness (QED) is 0.364. The Bertz CT molecular complexity index is 888. The van der Waals surface area contributed by atoms with Gasteiger partial charge in [0.1, 0.15) is 0 Å². The van der Waals surface area contributed by atoms with E-state index >= 15 is 0 Å². The normalized spacial score (nSPS) is 9.82. The molecule has 0 saturated heterocycles. The summed E-state index contributed by atoms with van der Waals surface area (Å²) in [6.45, 7) is 3.92. The summed E-state index contributed by atoms with van der Waals surface area (Å²) in [6.07, 6.45) is 0. The highest BCUT2D eigenvalue weighted by Crippen LogP contribution is 2.10. The van der Waals surface area contributed by atoms with E-state index < -0.39 is 0 Å². The number of nitrogens with one attached hydrogen (secondary N) is 1. The molecule has 0 atom stereocenters. The molecule has 0 radical (unpaired) electrons. The lowest BCUT2D eigenvalue weighted by Gasteiger charge is -2.06. The van der Waals surface area contributed by atoms with Crippen LogP contribution in [0.15, 0.2) is 78.9 Å². The number of Topliss-reactive ketones (excluding diaryl/α,β-unsaturated/α-hetero) is 2. The minimum Gasteiger partial charge on any atom is -0.381 e. The van der Waals surface area contributed by atoms with Crippen LogP contribution < -0.4 is 5.32 Å². The first-order valence-corrected chi connectivity index (χ1v) is 10.2. The van der Waals surface area contributed by atoms with Crippen molar-refractivity contribution in [2.45, 2.75) is 25.7 Å². The van der Waals surface area contributed by atoms with Crippen molar-refractivity contribution in [1.29, 1.82) is 0 Å². The summed E-state index contributed by atoms with van der Waals surface area (Å²) in [5.41, 5.74) is 4.99. The topological polar surface area (TPSA) is 46.2 Å². The van der Waals surface area contributed by atoms with Gasteiger partial charge in [0.25, 0.3) is 0 Å². The van der Waals surface area contributed by atoms with Crippen LogP contribution in [0.25, 0.3) is 0 Å². The zero-order chi connectivity index (χ0) is 20.4. The molecule has 3 nitrogen and oxygen atoms in total. The maximum Gasteiger partial charge on any atom is 0.159 e. The molecule has 0 fully saturated rings. The number of ketones is 2. The van der Waals surface area contributed by atoms with Crippen LogP contribution in [0.1, 0.15) is 45.7 Å². The van der Waals surface area contributed by atoms with Crippen LogP contribution in [0, 0.1) is 0 Å². The van der Waals surface area contributed by atoms with Crippen LogP contribution in [0.2, 0.25) is 0 Å². The average molecular weight is 438 g/mol. The van der Waals surface area contributed by atoms with E-state index in [1.807, 2.05) is 78.9 Å². The average Bonchev–Trinajstić information content (AvgIpc) is 2.74. The van der Waals surface area contributed by atoms with E-state index in [4.69, 9.17) is 0 Å². The van der Waals surface area contributed by atoms with E-state index in [0.29, 0.717) is 0 Å². The van der Waals surface area contributed by atoms with Crippen molar-refractivity contribution in [2.75, 3.05) is 5.32 Å². The predicted octanol–water partition coefficient (Wildman–Crippen LogP) is 6.29. The Hall–Kier alpha value is -2.72. The zero-order valence-electron chi connectivity index (χ0n) is 16.1. The third kappa shape index (κ3) is 7.12.